The number of para-hydroxylation sites is 1. The van der Waals surface area contributed by atoms with Crippen molar-refractivity contribution in [2.45, 2.75) is 26.3 Å². The number of benzene rings is 1. The molecule has 3 N–H and O–H groups in total. The second-order valence-electron chi connectivity index (χ2n) is 3.84. The molecule has 3 nitrogen and oxygen atoms in total. The van der Waals surface area contributed by atoms with Gasteiger partial charge < -0.3 is 5.73 Å². The maximum absolute atomic E-state index is 5.78. The van der Waals surface area contributed by atoms with Crippen LogP contribution < -0.4 is 5.73 Å². The van der Waals surface area contributed by atoms with Gasteiger partial charge in [-0.25, -0.2) is 0 Å². The van der Waals surface area contributed by atoms with Crippen LogP contribution >= 0.6 is 0 Å². The number of rotatable bonds is 2. The van der Waals surface area contributed by atoms with Gasteiger partial charge in [-0.1, -0.05) is 18.2 Å². The molecule has 0 bridgehead atoms. The summed E-state index contributed by atoms with van der Waals surface area (Å²) in [6.45, 7) is 4.04. The molecule has 2 aromatic rings. The number of nitrogens with one attached hydrogen (secondary N) is 1. The fraction of sp³-hybridized carbons (Fsp3) is 0.364. The zero-order valence-corrected chi connectivity index (χ0v) is 8.54. The van der Waals surface area contributed by atoms with Crippen molar-refractivity contribution in [3.8, 4) is 0 Å². The molecule has 0 aliphatic heterocycles. The monoisotopic (exact) mass is 189 g/mol. The summed E-state index contributed by atoms with van der Waals surface area (Å²) >= 11 is 0. The average molecular weight is 189 g/mol. The third kappa shape index (κ3) is 1.51. The van der Waals surface area contributed by atoms with Crippen molar-refractivity contribution < 1.29 is 0 Å². The number of nitrogens with zero attached hydrogens (tertiary/aromatic N) is 1. The van der Waals surface area contributed by atoms with Crippen LogP contribution in [0.15, 0.2) is 18.2 Å². The Labute approximate surface area is 83.3 Å². The zero-order chi connectivity index (χ0) is 10.1. The van der Waals surface area contributed by atoms with E-state index in [1.807, 2.05) is 13.8 Å². The van der Waals surface area contributed by atoms with Crippen molar-refractivity contribution in [1.29, 1.82) is 0 Å². The lowest BCUT2D eigenvalue weighted by Gasteiger charge is -2.05. The van der Waals surface area contributed by atoms with Gasteiger partial charge in [0.05, 0.1) is 5.52 Å². The van der Waals surface area contributed by atoms with E-state index in [9.17, 15) is 0 Å². The number of hydrogen-bond donors (Lipinski definition) is 2. The van der Waals surface area contributed by atoms with Crippen molar-refractivity contribution in [3.63, 3.8) is 0 Å². The van der Waals surface area contributed by atoms with Gasteiger partial charge >= 0.3 is 0 Å². The Morgan fingerprint density at radius 2 is 2.29 bits per heavy atom. The second kappa shape index (κ2) is 3.42. The molecule has 0 aliphatic carbocycles. The number of hydrogen-bond acceptors (Lipinski definition) is 2. The van der Waals surface area contributed by atoms with Crippen LogP contribution in [0.1, 0.15) is 18.2 Å². The third-order valence-corrected chi connectivity index (χ3v) is 2.40. The maximum Gasteiger partial charge on any atom is 0.0956 e. The molecule has 3 heteroatoms. The second-order valence-corrected chi connectivity index (χ2v) is 3.84. The number of H-pyrrole nitrogens is 1. The highest BCUT2D eigenvalue weighted by molar-refractivity contribution is 5.84. The van der Waals surface area contributed by atoms with E-state index in [1.165, 1.54) is 10.9 Å². The van der Waals surface area contributed by atoms with Gasteiger partial charge in [0.15, 0.2) is 0 Å². The highest BCUT2D eigenvalue weighted by Gasteiger charge is 2.07. The van der Waals surface area contributed by atoms with Gasteiger partial charge in [0, 0.05) is 17.1 Å². The fourth-order valence-electron chi connectivity index (χ4n) is 1.74. The molecule has 1 heterocycles. The standard InChI is InChI=1S/C11H15N3/c1-7(12)6-9-4-3-5-10-8(2)13-14-11(9)10/h3-5,7H,6,12H2,1-2H3,(H,13,14). The molecule has 0 amide bonds. The Bertz CT molecular complexity index is 443. The molecule has 0 aliphatic rings. The van der Waals surface area contributed by atoms with Crippen LogP contribution in [0.4, 0.5) is 0 Å². The van der Waals surface area contributed by atoms with Gasteiger partial charge in [0.25, 0.3) is 0 Å². The molecular weight excluding hydrogens is 174 g/mol. The first-order chi connectivity index (χ1) is 6.68. The Kier molecular flexibility index (Phi) is 2.25. The molecule has 74 valence electrons. The van der Waals surface area contributed by atoms with E-state index < -0.39 is 0 Å². The van der Waals surface area contributed by atoms with Crippen molar-refractivity contribution in [3.05, 3.63) is 29.5 Å². The molecule has 1 atom stereocenters. The summed E-state index contributed by atoms with van der Waals surface area (Å²) in [6.07, 6.45) is 0.877. The van der Waals surface area contributed by atoms with Crippen molar-refractivity contribution in [2.75, 3.05) is 0 Å². The molecule has 1 unspecified atom stereocenters. The predicted octanol–water partition coefficient (Wildman–Crippen LogP) is 1.76. The number of aromatic nitrogens is 2. The molecule has 2 rings (SSSR count). The summed E-state index contributed by atoms with van der Waals surface area (Å²) < 4.78 is 0. The van der Waals surface area contributed by atoms with E-state index >= 15 is 0 Å². The minimum absolute atomic E-state index is 0.178. The molecule has 1 aromatic carbocycles. The first-order valence-electron chi connectivity index (χ1n) is 4.86. The normalized spacial score (nSPS) is 13.4. The van der Waals surface area contributed by atoms with Crippen molar-refractivity contribution >= 4 is 10.9 Å². The summed E-state index contributed by atoms with van der Waals surface area (Å²) in [5, 5.41) is 8.49. The van der Waals surface area contributed by atoms with Gasteiger partial charge in [-0.3, -0.25) is 5.10 Å². The molecular formula is C11H15N3. The van der Waals surface area contributed by atoms with E-state index in [2.05, 4.69) is 28.4 Å². The van der Waals surface area contributed by atoms with E-state index in [1.54, 1.807) is 0 Å². The van der Waals surface area contributed by atoms with Gasteiger partial charge in [-0.15, -0.1) is 0 Å². The summed E-state index contributed by atoms with van der Waals surface area (Å²) in [7, 11) is 0. The van der Waals surface area contributed by atoms with Gasteiger partial charge in [-0.05, 0) is 25.8 Å². The molecule has 1 aromatic heterocycles. The molecule has 0 spiro atoms. The van der Waals surface area contributed by atoms with Crippen molar-refractivity contribution in [1.82, 2.24) is 10.2 Å². The van der Waals surface area contributed by atoms with Gasteiger partial charge in [0.2, 0.25) is 0 Å². The molecule has 14 heavy (non-hydrogen) atoms. The Balaban J connectivity index is 2.54. The van der Waals surface area contributed by atoms with Crippen LogP contribution in [-0.2, 0) is 6.42 Å². The summed E-state index contributed by atoms with van der Waals surface area (Å²) in [5.74, 6) is 0. The predicted molar refractivity (Wildman–Crippen MR) is 58.2 cm³/mol. The number of aromatic amines is 1. The summed E-state index contributed by atoms with van der Waals surface area (Å²) in [5.41, 5.74) is 9.18. The molecule has 0 saturated carbocycles. The number of aryl methyl sites for hydroxylation is 1. The SMILES string of the molecule is Cc1[nH]nc2c(CC(C)N)cccc12. The minimum atomic E-state index is 0.178. The van der Waals surface area contributed by atoms with Crippen LogP contribution in [0.3, 0.4) is 0 Å². The number of nitrogens with two attached hydrogens (primary N) is 1. The Morgan fingerprint density at radius 1 is 1.50 bits per heavy atom. The third-order valence-electron chi connectivity index (χ3n) is 2.40. The van der Waals surface area contributed by atoms with Gasteiger partial charge in [-0.2, -0.15) is 5.10 Å². The van der Waals surface area contributed by atoms with E-state index in [4.69, 9.17) is 5.73 Å². The van der Waals surface area contributed by atoms with Crippen LogP contribution in [0.2, 0.25) is 0 Å². The maximum atomic E-state index is 5.78. The lowest BCUT2D eigenvalue weighted by Crippen LogP contribution is -2.17. The van der Waals surface area contributed by atoms with Crippen molar-refractivity contribution in [2.24, 2.45) is 5.73 Å². The summed E-state index contributed by atoms with van der Waals surface area (Å²) in [4.78, 5) is 0. The minimum Gasteiger partial charge on any atom is -0.328 e. The van der Waals surface area contributed by atoms with E-state index in [0.29, 0.717) is 0 Å². The zero-order valence-electron chi connectivity index (χ0n) is 8.54. The Hall–Kier alpha value is -1.35. The van der Waals surface area contributed by atoms with E-state index in [0.717, 1.165) is 17.6 Å². The summed E-state index contributed by atoms with van der Waals surface area (Å²) in [6, 6.07) is 6.41. The lowest BCUT2D eigenvalue weighted by molar-refractivity contribution is 0.740. The quantitative estimate of drug-likeness (QED) is 0.756. The number of fused-ring (bicyclic) bond motifs is 1. The average Bonchev–Trinajstić information content (AvgIpc) is 2.49. The van der Waals surface area contributed by atoms with Crippen LogP contribution in [0.5, 0.6) is 0 Å². The smallest absolute Gasteiger partial charge is 0.0956 e. The topological polar surface area (TPSA) is 54.7 Å². The van der Waals surface area contributed by atoms with Crippen LogP contribution in [0.25, 0.3) is 10.9 Å². The first-order valence-corrected chi connectivity index (χ1v) is 4.86. The molecule has 0 fully saturated rings. The highest BCUT2D eigenvalue weighted by atomic mass is 15.1. The molecule has 0 radical (unpaired) electrons. The fourth-order valence-corrected chi connectivity index (χ4v) is 1.74. The first kappa shape index (κ1) is 9.21. The highest BCUT2D eigenvalue weighted by Crippen LogP contribution is 2.19. The molecule has 0 saturated heterocycles. The van der Waals surface area contributed by atoms with E-state index in [-0.39, 0.29) is 6.04 Å². The largest absolute Gasteiger partial charge is 0.328 e. The van der Waals surface area contributed by atoms with Gasteiger partial charge in [0.1, 0.15) is 0 Å². The Morgan fingerprint density at radius 3 is 3.00 bits per heavy atom. The lowest BCUT2D eigenvalue weighted by atomic mass is 10.0. The van der Waals surface area contributed by atoms with Crippen LogP contribution in [0, 0.1) is 6.92 Å². The van der Waals surface area contributed by atoms with Crippen LogP contribution in [-0.4, -0.2) is 16.2 Å².